The number of rotatable bonds is 6. The molecule has 1 atom stereocenters. The van der Waals surface area contributed by atoms with Gasteiger partial charge in [-0.3, -0.25) is 9.59 Å². The number of furan rings is 1. The maximum Gasteiger partial charge on any atom is 0.245 e. The van der Waals surface area contributed by atoms with E-state index in [1.807, 2.05) is 11.8 Å². The monoisotopic (exact) mass is 346 g/mol. The molecule has 5 nitrogen and oxygen atoms in total. The second kappa shape index (κ2) is 7.66. The lowest BCUT2D eigenvalue weighted by atomic mass is 10.1. The highest BCUT2D eigenvalue weighted by Gasteiger charge is 2.28. The van der Waals surface area contributed by atoms with Crippen LogP contribution in [0, 0.1) is 0 Å². The minimum absolute atomic E-state index is 0.0224. The van der Waals surface area contributed by atoms with E-state index in [1.165, 1.54) is 10.4 Å². The Morgan fingerprint density at radius 2 is 2.29 bits per heavy atom. The number of hydrogen-bond donors (Lipinski definition) is 1. The highest BCUT2D eigenvalue weighted by Crippen LogP contribution is 2.24. The largest absolute Gasteiger partial charge is 0.472 e. The maximum absolute atomic E-state index is 12.9. The number of hydrogen-bond acceptors (Lipinski definition) is 4. The van der Waals surface area contributed by atoms with Crippen LogP contribution in [-0.2, 0) is 29.0 Å². The first-order valence-electron chi connectivity index (χ1n) is 8.32. The zero-order valence-corrected chi connectivity index (χ0v) is 14.6. The van der Waals surface area contributed by atoms with Gasteiger partial charge in [-0.25, -0.2) is 0 Å². The summed E-state index contributed by atoms with van der Waals surface area (Å²) < 4.78 is 4.98. The summed E-state index contributed by atoms with van der Waals surface area (Å²) >= 11 is 1.75. The first-order valence-corrected chi connectivity index (χ1v) is 9.19. The van der Waals surface area contributed by atoms with Gasteiger partial charge in [0.2, 0.25) is 11.8 Å². The van der Waals surface area contributed by atoms with Crippen molar-refractivity contribution in [1.29, 1.82) is 0 Å². The van der Waals surface area contributed by atoms with E-state index in [-0.39, 0.29) is 18.2 Å². The van der Waals surface area contributed by atoms with E-state index in [2.05, 4.69) is 16.8 Å². The van der Waals surface area contributed by atoms with Crippen molar-refractivity contribution < 1.29 is 14.0 Å². The summed E-state index contributed by atoms with van der Waals surface area (Å²) in [5.41, 5.74) is 2.05. The van der Waals surface area contributed by atoms with Crippen LogP contribution in [0.2, 0.25) is 0 Å². The molecule has 3 heterocycles. The van der Waals surface area contributed by atoms with Gasteiger partial charge in [-0.2, -0.15) is 0 Å². The van der Waals surface area contributed by atoms with E-state index < -0.39 is 6.04 Å². The predicted molar refractivity (Wildman–Crippen MR) is 92.7 cm³/mol. The zero-order valence-electron chi connectivity index (χ0n) is 13.8. The molecule has 0 aliphatic carbocycles. The smallest absolute Gasteiger partial charge is 0.245 e. The summed E-state index contributed by atoms with van der Waals surface area (Å²) in [4.78, 5) is 28.3. The molecule has 0 saturated heterocycles. The van der Waals surface area contributed by atoms with E-state index in [4.69, 9.17) is 4.42 Å². The van der Waals surface area contributed by atoms with E-state index in [9.17, 15) is 9.59 Å². The molecule has 6 heteroatoms. The van der Waals surface area contributed by atoms with Crippen LogP contribution in [0.5, 0.6) is 0 Å². The summed E-state index contributed by atoms with van der Waals surface area (Å²) in [5, 5.41) is 4.98. The van der Waals surface area contributed by atoms with E-state index in [1.54, 1.807) is 29.9 Å². The third-order valence-electron chi connectivity index (χ3n) is 4.27. The molecule has 1 aliphatic heterocycles. The van der Waals surface area contributed by atoms with Crippen molar-refractivity contribution in [2.75, 3.05) is 6.54 Å². The van der Waals surface area contributed by atoms with Crippen molar-refractivity contribution in [3.63, 3.8) is 0 Å². The zero-order chi connectivity index (χ0) is 16.9. The van der Waals surface area contributed by atoms with Gasteiger partial charge >= 0.3 is 0 Å². The van der Waals surface area contributed by atoms with E-state index >= 15 is 0 Å². The molecular weight excluding hydrogens is 324 g/mol. The summed E-state index contributed by atoms with van der Waals surface area (Å²) in [7, 11) is 0. The second-order valence-electron chi connectivity index (χ2n) is 6.10. The summed E-state index contributed by atoms with van der Waals surface area (Å²) in [6, 6.07) is 3.40. The molecule has 0 radical (unpaired) electrons. The highest BCUT2D eigenvalue weighted by atomic mass is 32.1. The molecule has 2 aromatic rings. The first-order chi connectivity index (χ1) is 11.7. The quantitative estimate of drug-likeness (QED) is 0.875. The van der Waals surface area contributed by atoms with Crippen molar-refractivity contribution in [2.24, 2.45) is 0 Å². The first kappa shape index (κ1) is 16.8. The number of carbonyl (C=O) groups is 2. The number of nitrogens with one attached hydrogen (secondary N) is 1. The Morgan fingerprint density at radius 3 is 3.04 bits per heavy atom. The van der Waals surface area contributed by atoms with Crippen LogP contribution >= 0.6 is 11.3 Å². The van der Waals surface area contributed by atoms with Gasteiger partial charge in [-0.15, -0.1) is 11.3 Å². The molecule has 1 aliphatic rings. The topological polar surface area (TPSA) is 62.6 Å². The van der Waals surface area contributed by atoms with Gasteiger partial charge in [0.1, 0.15) is 6.04 Å². The van der Waals surface area contributed by atoms with E-state index in [0.29, 0.717) is 13.0 Å². The van der Waals surface area contributed by atoms with Crippen molar-refractivity contribution >= 4 is 23.2 Å². The fourth-order valence-corrected chi connectivity index (χ4v) is 3.92. The average molecular weight is 346 g/mol. The van der Waals surface area contributed by atoms with Crippen LogP contribution < -0.4 is 5.32 Å². The molecule has 0 aromatic carbocycles. The minimum atomic E-state index is -0.449. The Labute approximate surface area is 145 Å². The fourth-order valence-electron chi connectivity index (χ4n) is 3.03. The molecule has 2 aromatic heterocycles. The lowest BCUT2D eigenvalue weighted by molar-refractivity contribution is -0.137. The molecule has 2 amide bonds. The lowest BCUT2D eigenvalue weighted by Crippen LogP contribution is -2.50. The number of nitrogens with zero attached hydrogens (tertiary/aromatic N) is 1. The van der Waals surface area contributed by atoms with Crippen molar-refractivity contribution in [1.82, 2.24) is 10.2 Å². The summed E-state index contributed by atoms with van der Waals surface area (Å²) in [6.45, 7) is 3.40. The number of carbonyl (C=O) groups excluding carboxylic acids is 2. The van der Waals surface area contributed by atoms with Crippen molar-refractivity contribution in [3.8, 4) is 0 Å². The van der Waals surface area contributed by atoms with Gasteiger partial charge in [0.25, 0.3) is 0 Å². The molecule has 0 fully saturated rings. The summed E-state index contributed by atoms with van der Waals surface area (Å²) in [6.07, 6.45) is 5.74. The lowest BCUT2D eigenvalue weighted by Gasteiger charge is -2.30. The number of thiophene rings is 1. The Bertz CT molecular complexity index is 693. The van der Waals surface area contributed by atoms with Gasteiger partial charge < -0.3 is 14.6 Å². The predicted octanol–water partition coefficient (Wildman–Crippen LogP) is 2.75. The third-order valence-corrected chi connectivity index (χ3v) is 5.30. The molecule has 128 valence electrons. The molecule has 3 rings (SSSR count). The average Bonchev–Trinajstić information content (AvgIpc) is 3.24. The van der Waals surface area contributed by atoms with Crippen molar-refractivity contribution in [2.45, 2.75) is 45.2 Å². The van der Waals surface area contributed by atoms with Gasteiger partial charge in [0, 0.05) is 18.0 Å². The molecular formula is C18H22N2O3S. The van der Waals surface area contributed by atoms with Gasteiger partial charge in [-0.1, -0.05) is 13.3 Å². The van der Waals surface area contributed by atoms with Crippen LogP contribution in [0.3, 0.4) is 0 Å². The van der Waals surface area contributed by atoms with Crippen LogP contribution in [0.25, 0.3) is 0 Å². The normalized spacial score (nSPS) is 15.0. The van der Waals surface area contributed by atoms with Gasteiger partial charge in [0.15, 0.2) is 0 Å². The fraction of sp³-hybridized carbons (Fsp3) is 0.444. The van der Waals surface area contributed by atoms with Crippen LogP contribution in [0.15, 0.2) is 34.5 Å². The minimum Gasteiger partial charge on any atom is -0.472 e. The second-order valence-corrected chi connectivity index (χ2v) is 7.10. The molecule has 1 unspecified atom stereocenters. The number of fused-ring (bicyclic) bond motifs is 1. The molecule has 0 spiro atoms. The standard InChI is InChI=1S/C18H22N2O3S/c1-2-3-15(19-17(21)10-13-5-8-23-12-13)18(22)20-7-4-16-14(11-20)6-9-24-16/h5-6,8-9,12,15H,2-4,7,10-11H2,1H3,(H,19,21). The molecule has 0 bridgehead atoms. The van der Waals surface area contributed by atoms with Crippen LogP contribution in [0.4, 0.5) is 0 Å². The van der Waals surface area contributed by atoms with Gasteiger partial charge in [-0.05, 0) is 41.5 Å². The van der Waals surface area contributed by atoms with Crippen LogP contribution in [-0.4, -0.2) is 29.3 Å². The molecule has 24 heavy (non-hydrogen) atoms. The van der Waals surface area contributed by atoms with Crippen molar-refractivity contribution in [3.05, 3.63) is 46.0 Å². The third kappa shape index (κ3) is 3.87. The maximum atomic E-state index is 12.9. The Hall–Kier alpha value is -2.08. The van der Waals surface area contributed by atoms with Gasteiger partial charge in [0.05, 0.1) is 18.9 Å². The Morgan fingerprint density at radius 1 is 1.42 bits per heavy atom. The Kier molecular flexibility index (Phi) is 5.35. The summed E-state index contributed by atoms with van der Waals surface area (Å²) in [5.74, 6) is -0.120. The van der Waals surface area contributed by atoms with E-state index in [0.717, 1.165) is 24.9 Å². The SMILES string of the molecule is CCCC(NC(=O)Cc1ccoc1)C(=O)N1CCc2sccc2C1. The highest BCUT2D eigenvalue weighted by molar-refractivity contribution is 7.10. The molecule has 1 N–H and O–H groups in total. The molecule has 0 saturated carbocycles. The Balaban J connectivity index is 1.62. The van der Waals surface area contributed by atoms with Crippen LogP contribution in [0.1, 0.15) is 35.8 Å². The number of amides is 2.